The largest absolute Gasteiger partial charge is 0.351 e. The van der Waals surface area contributed by atoms with Crippen molar-refractivity contribution in [2.24, 2.45) is 5.41 Å². The maximum atomic E-state index is 14.5. The van der Waals surface area contributed by atoms with Crippen LogP contribution < -0.4 is 21.3 Å². The maximum Gasteiger partial charge on any atom is 0.261 e. The minimum Gasteiger partial charge on any atom is -0.351 e. The molecule has 1 aromatic carbocycles. The molecule has 1 fully saturated rings. The molecule has 4 N–H and O–H groups in total. The Balaban J connectivity index is 0.00000289. The second-order valence-corrected chi connectivity index (χ2v) is 11.2. The molecule has 1 atom stereocenters. The van der Waals surface area contributed by atoms with E-state index in [1.165, 1.54) is 17.4 Å². The van der Waals surface area contributed by atoms with Gasteiger partial charge < -0.3 is 21.3 Å². The van der Waals surface area contributed by atoms with Crippen molar-refractivity contribution in [2.75, 3.05) is 25.0 Å². The summed E-state index contributed by atoms with van der Waals surface area (Å²) in [6.45, 7) is 6.35. The highest BCUT2D eigenvalue weighted by Gasteiger charge is 2.35. The molecule has 174 valence electrons. The van der Waals surface area contributed by atoms with E-state index in [4.69, 9.17) is 0 Å². The van der Waals surface area contributed by atoms with Crippen molar-refractivity contribution in [3.05, 3.63) is 43.6 Å². The lowest BCUT2D eigenvalue weighted by molar-refractivity contribution is 0.0929. The van der Waals surface area contributed by atoms with Crippen molar-refractivity contribution in [1.29, 1.82) is 0 Å². The fraction of sp³-hybridized carbons (Fsp3) is 0.455. The molecule has 6 nitrogen and oxygen atoms in total. The zero-order valence-corrected chi connectivity index (χ0v) is 21.7. The van der Waals surface area contributed by atoms with Crippen LogP contribution in [0.3, 0.4) is 0 Å². The highest BCUT2D eigenvalue weighted by atomic mass is 127. The van der Waals surface area contributed by atoms with Crippen LogP contribution in [-0.4, -0.2) is 37.5 Å². The molecule has 0 radical (unpaired) electrons. The minimum absolute atomic E-state index is 0. The Bertz CT molecular complexity index is 1020. The van der Waals surface area contributed by atoms with Gasteiger partial charge in [0.25, 0.3) is 11.8 Å². The Morgan fingerprint density at radius 2 is 2.12 bits per heavy atom. The maximum absolute atomic E-state index is 14.5. The van der Waals surface area contributed by atoms with Gasteiger partial charge in [-0.15, -0.1) is 23.7 Å². The molecule has 0 saturated carbocycles. The number of rotatable bonds is 4. The predicted octanol–water partition coefficient (Wildman–Crippen LogP) is 4.45. The van der Waals surface area contributed by atoms with Gasteiger partial charge in [0, 0.05) is 22.7 Å². The molecule has 2 amide bonds. The molecule has 4 rings (SSSR count). The van der Waals surface area contributed by atoms with E-state index in [2.05, 4.69) is 57.7 Å². The van der Waals surface area contributed by atoms with Crippen LogP contribution in [0.1, 0.15) is 52.3 Å². The fourth-order valence-corrected chi connectivity index (χ4v) is 5.63. The lowest BCUT2D eigenvalue weighted by atomic mass is 9.85. The molecule has 32 heavy (non-hydrogen) atoms. The first-order valence-electron chi connectivity index (χ1n) is 10.4. The van der Waals surface area contributed by atoms with E-state index in [1.807, 2.05) is 0 Å². The summed E-state index contributed by atoms with van der Waals surface area (Å²) in [6.07, 6.45) is 2.49. The van der Waals surface area contributed by atoms with Gasteiger partial charge in [-0.3, -0.25) is 9.59 Å². The van der Waals surface area contributed by atoms with Crippen LogP contribution in [0.25, 0.3) is 0 Å². The molecule has 0 aliphatic carbocycles. The quantitative estimate of drug-likeness (QED) is 0.396. The molecule has 0 bridgehead atoms. The van der Waals surface area contributed by atoms with Gasteiger partial charge in [-0.2, -0.15) is 0 Å². The topological polar surface area (TPSA) is 82.3 Å². The molecule has 1 aromatic heterocycles. The summed E-state index contributed by atoms with van der Waals surface area (Å²) in [5.74, 6) is -0.802. The van der Waals surface area contributed by atoms with Crippen LogP contribution in [0.4, 0.5) is 15.1 Å². The Hall–Kier alpha value is -1.43. The van der Waals surface area contributed by atoms with Crippen molar-refractivity contribution in [1.82, 2.24) is 16.0 Å². The molecule has 3 heterocycles. The Morgan fingerprint density at radius 1 is 1.34 bits per heavy atom. The number of benzene rings is 1. The van der Waals surface area contributed by atoms with Gasteiger partial charge in [0.2, 0.25) is 0 Å². The molecule has 2 aliphatic rings. The summed E-state index contributed by atoms with van der Waals surface area (Å²) in [4.78, 5) is 26.7. The molecule has 0 unspecified atom stereocenters. The first kappa shape index (κ1) is 25.2. The normalized spacial score (nSPS) is 19.8. The smallest absolute Gasteiger partial charge is 0.261 e. The Kier molecular flexibility index (Phi) is 8.06. The standard InChI is InChI=1S/C22H26FIN4O2S.ClH/c1-22(2)9-14-17(19(29)27-13-4-3-7-25-10-13)21(31-18(14)20(30)26-11-22)28-16-6-5-12(24)8-15(16)23;/h5-6,8,13,25,28H,3-4,7,9-11H2,1-2H3,(H,26,30)(H,27,29);1H/t13-;/m1./s1. The summed E-state index contributed by atoms with van der Waals surface area (Å²) in [5.41, 5.74) is 1.27. The van der Waals surface area contributed by atoms with Crippen molar-refractivity contribution in [3.8, 4) is 0 Å². The minimum atomic E-state index is -0.400. The predicted molar refractivity (Wildman–Crippen MR) is 137 cm³/mol. The average molecular weight is 593 g/mol. The number of hydrogen-bond acceptors (Lipinski definition) is 5. The second-order valence-electron chi connectivity index (χ2n) is 8.90. The number of anilines is 2. The summed E-state index contributed by atoms with van der Waals surface area (Å²) >= 11 is 3.27. The van der Waals surface area contributed by atoms with Crippen LogP contribution in [0.15, 0.2) is 18.2 Å². The lowest BCUT2D eigenvalue weighted by Gasteiger charge is -2.25. The van der Waals surface area contributed by atoms with E-state index < -0.39 is 5.82 Å². The van der Waals surface area contributed by atoms with E-state index in [-0.39, 0.29) is 41.4 Å². The van der Waals surface area contributed by atoms with Gasteiger partial charge in [0.15, 0.2) is 0 Å². The number of thiophene rings is 1. The van der Waals surface area contributed by atoms with Crippen molar-refractivity contribution in [3.63, 3.8) is 0 Å². The van der Waals surface area contributed by atoms with Crippen LogP contribution in [0.2, 0.25) is 0 Å². The van der Waals surface area contributed by atoms with Crippen molar-refractivity contribution < 1.29 is 14.0 Å². The van der Waals surface area contributed by atoms with Crippen molar-refractivity contribution >= 4 is 68.8 Å². The fourth-order valence-electron chi connectivity index (χ4n) is 4.03. The molecule has 1 saturated heterocycles. The first-order chi connectivity index (χ1) is 14.7. The van der Waals surface area contributed by atoms with Crippen molar-refractivity contribution in [2.45, 2.75) is 39.2 Å². The van der Waals surface area contributed by atoms with Crippen LogP contribution in [0, 0.1) is 14.8 Å². The van der Waals surface area contributed by atoms with Gasteiger partial charge in [-0.05, 0) is 77.6 Å². The third kappa shape index (κ3) is 5.55. The number of piperidine rings is 1. The third-order valence-electron chi connectivity index (χ3n) is 5.63. The molecular formula is C22H27ClFIN4O2S. The Labute approximate surface area is 211 Å². The molecule has 10 heteroatoms. The van der Waals surface area contributed by atoms with E-state index in [9.17, 15) is 14.0 Å². The number of amides is 2. The SMILES string of the molecule is CC1(C)CNC(=O)c2sc(Nc3ccc(I)cc3F)c(C(=O)N[C@@H]3CCCNC3)c2C1.Cl. The second kappa shape index (κ2) is 10.2. The zero-order chi connectivity index (χ0) is 22.2. The van der Waals surface area contributed by atoms with E-state index in [0.29, 0.717) is 28.4 Å². The van der Waals surface area contributed by atoms with Gasteiger partial charge >= 0.3 is 0 Å². The van der Waals surface area contributed by atoms with Crippen LogP contribution in [-0.2, 0) is 6.42 Å². The number of carbonyl (C=O) groups is 2. The summed E-state index contributed by atoms with van der Waals surface area (Å²) in [7, 11) is 0. The van der Waals surface area contributed by atoms with Gasteiger partial charge in [0.1, 0.15) is 10.8 Å². The molecular weight excluding hydrogens is 566 g/mol. The number of carbonyl (C=O) groups excluding carboxylic acids is 2. The van der Waals surface area contributed by atoms with Gasteiger partial charge in [-0.25, -0.2) is 4.39 Å². The summed E-state index contributed by atoms with van der Waals surface area (Å²) < 4.78 is 15.3. The monoisotopic (exact) mass is 592 g/mol. The molecule has 2 aliphatic heterocycles. The summed E-state index contributed by atoms with van der Waals surface area (Å²) in [6, 6.07) is 4.92. The zero-order valence-electron chi connectivity index (χ0n) is 17.9. The third-order valence-corrected chi connectivity index (χ3v) is 7.45. The lowest BCUT2D eigenvalue weighted by Crippen LogP contribution is -2.45. The average Bonchev–Trinajstić information content (AvgIpc) is 3.01. The van der Waals surface area contributed by atoms with E-state index in [1.54, 1.807) is 12.1 Å². The highest BCUT2D eigenvalue weighted by molar-refractivity contribution is 14.1. The molecule has 0 spiro atoms. The summed E-state index contributed by atoms with van der Waals surface area (Å²) in [5, 5.41) is 13.0. The first-order valence-corrected chi connectivity index (χ1v) is 12.3. The number of fused-ring (bicyclic) bond motifs is 1. The van der Waals surface area contributed by atoms with Crippen LogP contribution in [0.5, 0.6) is 0 Å². The number of halogens is 3. The number of hydrogen-bond donors (Lipinski definition) is 4. The number of nitrogens with one attached hydrogen (secondary N) is 4. The van der Waals surface area contributed by atoms with E-state index >= 15 is 0 Å². The Morgan fingerprint density at radius 3 is 2.81 bits per heavy atom. The van der Waals surface area contributed by atoms with Gasteiger partial charge in [0.05, 0.1) is 16.1 Å². The van der Waals surface area contributed by atoms with Crippen LogP contribution >= 0.6 is 46.3 Å². The van der Waals surface area contributed by atoms with Gasteiger partial charge in [-0.1, -0.05) is 13.8 Å². The van der Waals surface area contributed by atoms with E-state index in [0.717, 1.165) is 35.1 Å². The molecule has 2 aromatic rings. The highest BCUT2D eigenvalue weighted by Crippen LogP contribution is 2.40.